The summed E-state index contributed by atoms with van der Waals surface area (Å²) in [5, 5.41) is 12.1. The van der Waals surface area contributed by atoms with Gasteiger partial charge in [-0.3, -0.25) is 0 Å². The quantitative estimate of drug-likeness (QED) is 0.625. The Balaban J connectivity index is 1.66. The minimum Gasteiger partial charge on any atom is -0.312 e. The lowest BCUT2D eigenvalue weighted by molar-refractivity contribution is 0.682. The van der Waals surface area contributed by atoms with E-state index >= 15 is 0 Å². The summed E-state index contributed by atoms with van der Waals surface area (Å²) in [6, 6.07) is 6.09. The molecular formula is C13H16N2S. The fraction of sp³-hybridized carbons (Fsp3) is 0.462. The Morgan fingerprint density at radius 1 is 1.44 bits per heavy atom. The monoisotopic (exact) mass is 232 g/mol. The summed E-state index contributed by atoms with van der Waals surface area (Å²) < 4.78 is 0. The third-order valence-electron chi connectivity index (χ3n) is 2.83. The summed E-state index contributed by atoms with van der Waals surface area (Å²) in [4.78, 5) is 2.05. The highest BCUT2D eigenvalue weighted by Crippen LogP contribution is 2.20. The number of thiophene rings is 1. The van der Waals surface area contributed by atoms with Crippen molar-refractivity contribution in [1.82, 2.24) is 5.32 Å². The van der Waals surface area contributed by atoms with Crippen molar-refractivity contribution in [3.05, 3.63) is 33.5 Å². The molecule has 16 heavy (non-hydrogen) atoms. The first-order valence-electron chi connectivity index (χ1n) is 5.76. The molecule has 1 aromatic rings. The van der Waals surface area contributed by atoms with Gasteiger partial charge < -0.3 is 5.32 Å². The van der Waals surface area contributed by atoms with Gasteiger partial charge in [-0.2, -0.15) is 5.26 Å². The predicted octanol–water partition coefficient (Wildman–Crippen LogP) is 3.21. The first kappa shape index (κ1) is 11.4. The average Bonchev–Trinajstić information content (AvgIpc) is 2.95. The number of hydrogen-bond donors (Lipinski definition) is 1. The molecule has 0 unspecified atom stereocenters. The molecule has 0 atom stereocenters. The molecule has 0 aromatic carbocycles. The van der Waals surface area contributed by atoms with Gasteiger partial charge in [-0.25, -0.2) is 0 Å². The van der Waals surface area contributed by atoms with Crippen molar-refractivity contribution in [2.45, 2.75) is 32.2 Å². The zero-order chi connectivity index (χ0) is 11.2. The molecule has 3 heteroatoms. The standard InChI is InChI=1S/C13H16N2S/c14-9-12-5-6-13(16-12)10-15-8-7-11-3-1-2-4-11/h3,5-6,15H,1-2,4,7-8,10H2. The van der Waals surface area contributed by atoms with Crippen LogP contribution >= 0.6 is 11.3 Å². The zero-order valence-corrected chi connectivity index (χ0v) is 10.1. The number of nitrogens with one attached hydrogen (secondary N) is 1. The lowest BCUT2D eigenvalue weighted by Crippen LogP contribution is -2.14. The van der Waals surface area contributed by atoms with E-state index in [-0.39, 0.29) is 0 Å². The van der Waals surface area contributed by atoms with E-state index in [4.69, 9.17) is 5.26 Å². The van der Waals surface area contributed by atoms with E-state index in [1.54, 1.807) is 16.9 Å². The normalized spacial score (nSPS) is 14.8. The smallest absolute Gasteiger partial charge is 0.110 e. The second-order valence-corrected chi connectivity index (χ2v) is 5.23. The summed E-state index contributed by atoms with van der Waals surface area (Å²) in [5.74, 6) is 0. The molecule has 0 saturated heterocycles. The molecule has 1 aromatic heterocycles. The van der Waals surface area contributed by atoms with Crippen LogP contribution in [0.5, 0.6) is 0 Å². The van der Waals surface area contributed by atoms with E-state index in [0.717, 1.165) is 18.0 Å². The van der Waals surface area contributed by atoms with E-state index in [1.165, 1.54) is 30.6 Å². The molecule has 1 heterocycles. The highest BCUT2D eigenvalue weighted by atomic mass is 32.1. The van der Waals surface area contributed by atoms with Gasteiger partial charge in [0.2, 0.25) is 0 Å². The second-order valence-electron chi connectivity index (χ2n) is 4.06. The maximum Gasteiger partial charge on any atom is 0.110 e. The second kappa shape index (κ2) is 5.83. The van der Waals surface area contributed by atoms with E-state index in [0.29, 0.717) is 0 Å². The summed E-state index contributed by atoms with van der Waals surface area (Å²) in [6.45, 7) is 1.94. The Labute approximate surface area is 101 Å². The molecule has 0 fully saturated rings. The van der Waals surface area contributed by atoms with Gasteiger partial charge in [0.15, 0.2) is 0 Å². The van der Waals surface area contributed by atoms with E-state index in [2.05, 4.69) is 17.5 Å². The van der Waals surface area contributed by atoms with Crippen molar-refractivity contribution in [3.63, 3.8) is 0 Å². The predicted molar refractivity (Wildman–Crippen MR) is 67.3 cm³/mol. The summed E-state index contributed by atoms with van der Waals surface area (Å²) in [6.07, 6.45) is 7.45. The van der Waals surface area contributed by atoms with Gasteiger partial charge in [-0.05, 0) is 44.4 Å². The van der Waals surface area contributed by atoms with E-state index in [9.17, 15) is 0 Å². The SMILES string of the molecule is N#Cc1ccc(CNCCC2=CCCC2)s1. The van der Waals surface area contributed by atoms with Gasteiger partial charge in [0, 0.05) is 11.4 Å². The minimum absolute atomic E-state index is 0.801. The number of rotatable bonds is 5. The molecule has 1 aliphatic rings. The fourth-order valence-corrected chi connectivity index (χ4v) is 2.73. The molecule has 0 bridgehead atoms. The molecule has 0 radical (unpaired) electrons. The largest absolute Gasteiger partial charge is 0.312 e. The molecular weight excluding hydrogens is 216 g/mol. The highest BCUT2D eigenvalue weighted by Gasteiger charge is 2.04. The summed E-state index contributed by atoms with van der Waals surface area (Å²) in [7, 11) is 0. The van der Waals surface area contributed by atoms with Gasteiger partial charge >= 0.3 is 0 Å². The van der Waals surface area contributed by atoms with Crippen molar-refractivity contribution in [2.24, 2.45) is 0 Å². The topological polar surface area (TPSA) is 35.8 Å². The van der Waals surface area contributed by atoms with E-state index < -0.39 is 0 Å². The van der Waals surface area contributed by atoms with Crippen molar-refractivity contribution >= 4 is 11.3 Å². The van der Waals surface area contributed by atoms with Crippen LogP contribution in [-0.2, 0) is 6.54 Å². The van der Waals surface area contributed by atoms with Gasteiger partial charge in [0.25, 0.3) is 0 Å². The third kappa shape index (κ3) is 3.19. The fourth-order valence-electron chi connectivity index (χ4n) is 1.96. The number of hydrogen-bond acceptors (Lipinski definition) is 3. The van der Waals surface area contributed by atoms with Crippen molar-refractivity contribution in [1.29, 1.82) is 5.26 Å². The van der Waals surface area contributed by atoms with Crippen molar-refractivity contribution < 1.29 is 0 Å². The maximum absolute atomic E-state index is 8.70. The Morgan fingerprint density at radius 2 is 2.38 bits per heavy atom. The summed E-state index contributed by atoms with van der Waals surface area (Å²) >= 11 is 1.58. The molecule has 2 rings (SSSR count). The van der Waals surface area contributed by atoms with Crippen molar-refractivity contribution in [3.8, 4) is 6.07 Å². The van der Waals surface area contributed by atoms with Crippen LogP contribution in [-0.4, -0.2) is 6.54 Å². The average molecular weight is 232 g/mol. The first-order valence-corrected chi connectivity index (χ1v) is 6.57. The molecule has 1 aliphatic carbocycles. The van der Waals surface area contributed by atoms with Gasteiger partial charge in [-0.15, -0.1) is 11.3 Å². The number of nitriles is 1. The van der Waals surface area contributed by atoms with Crippen LogP contribution < -0.4 is 5.32 Å². The minimum atomic E-state index is 0.801. The molecule has 2 nitrogen and oxygen atoms in total. The first-order chi connectivity index (χ1) is 7.88. The summed E-state index contributed by atoms with van der Waals surface area (Å²) in [5.41, 5.74) is 1.61. The Hall–Kier alpha value is -1.11. The van der Waals surface area contributed by atoms with Crippen LogP contribution in [0.15, 0.2) is 23.8 Å². The Morgan fingerprint density at radius 3 is 3.06 bits per heavy atom. The molecule has 0 saturated carbocycles. The zero-order valence-electron chi connectivity index (χ0n) is 9.33. The molecule has 84 valence electrons. The van der Waals surface area contributed by atoms with Crippen LogP contribution in [0, 0.1) is 11.3 Å². The van der Waals surface area contributed by atoms with Crippen LogP contribution in [0.2, 0.25) is 0 Å². The molecule has 0 aliphatic heterocycles. The van der Waals surface area contributed by atoms with Gasteiger partial charge in [0.05, 0.1) is 0 Å². The molecule has 1 N–H and O–H groups in total. The number of nitrogens with zero attached hydrogens (tertiary/aromatic N) is 1. The molecule has 0 spiro atoms. The third-order valence-corrected chi connectivity index (χ3v) is 3.82. The Kier molecular flexibility index (Phi) is 4.15. The molecule has 0 amide bonds. The van der Waals surface area contributed by atoms with Crippen LogP contribution in [0.4, 0.5) is 0 Å². The highest BCUT2D eigenvalue weighted by molar-refractivity contribution is 7.12. The Bertz CT molecular complexity index is 412. The van der Waals surface area contributed by atoms with Gasteiger partial charge in [0.1, 0.15) is 10.9 Å². The van der Waals surface area contributed by atoms with Crippen LogP contribution in [0.1, 0.15) is 35.4 Å². The number of allylic oxidation sites excluding steroid dienone is 1. The van der Waals surface area contributed by atoms with Crippen LogP contribution in [0.3, 0.4) is 0 Å². The maximum atomic E-state index is 8.70. The lowest BCUT2D eigenvalue weighted by Gasteiger charge is -2.03. The van der Waals surface area contributed by atoms with Crippen LogP contribution in [0.25, 0.3) is 0 Å². The van der Waals surface area contributed by atoms with E-state index in [1.807, 2.05) is 12.1 Å². The van der Waals surface area contributed by atoms with Crippen molar-refractivity contribution in [2.75, 3.05) is 6.54 Å². The van der Waals surface area contributed by atoms with Gasteiger partial charge in [-0.1, -0.05) is 11.6 Å². The lowest BCUT2D eigenvalue weighted by atomic mass is 10.2.